The normalized spacial score (nSPS) is 30.6. The number of hydrogen-bond acceptors (Lipinski definition) is 5. The summed E-state index contributed by atoms with van der Waals surface area (Å²) in [5.74, 6) is -1.01. The maximum absolute atomic E-state index is 14.5. The van der Waals surface area contributed by atoms with Gasteiger partial charge in [-0.15, -0.1) is 11.3 Å². The first-order valence-corrected chi connectivity index (χ1v) is 14.5. The average Bonchev–Trinajstić information content (AvgIpc) is 3.42. The van der Waals surface area contributed by atoms with Crippen molar-refractivity contribution in [2.45, 2.75) is 83.7 Å². The molecule has 39 heavy (non-hydrogen) atoms. The summed E-state index contributed by atoms with van der Waals surface area (Å²) in [5.41, 5.74) is -2.51. The topological polar surface area (TPSA) is 95.7 Å². The van der Waals surface area contributed by atoms with Crippen molar-refractivity contribution in [1.82, 2.24) is 14.7 Å². The molecule has 3 aliphatic carbocycles. The van der Waals surface area contributed by atoms with Crippen LogP contribution in [0.5, 0.6) is 0 Å². The first-order valence-electron chi connectivity index (χ1n) is 13.2. The number of halogens is 4. The Balaban J connectivity index is 1.45. The number of fused-ring (bicyclic) bond motifs is 1. The number of aromatic nitrogens is 2. The molecular weight excluding hydrogens is 555 g/mol. The number of aliphatic carboxylic acids is 1. The lowest BCUT2D eigenvalue weighted by Crippen LogP contribution is -2.43. The van der Waals surface area contributed by atoms with Crippen molar-refractivity contribution >= 4 is 34.8 Å². The lowest BCUT2D eigenvalue weighted by molar-refractivity contribution is -0.152. The fourth-order valence-corrected chi connectivity index (χ4v) is 8.03. The van der Waals surface area contributed by atoms with Crippen molar-refractivity contribution in [2.24, 2.45) is 22.7 Å². The van der Waals surface area contributed by atoms with E-state index in [0.29, 0.717) is 34.6 Å². The minimum Gasteiger partial charge on any atom is -0.481 e. The number of thiophene rings is 1. The molecule has 5 rings (SSSR count). The third kappa shape index (κ3) is 4.99. The van der Waals surface area contributed by atoms with E-state index in [4.69, 9.17) is 11.6 Å². The molecular formula is C27H33ClF3N3O4S. The summed E-state index contributed by atoms with van der Waals surface area (Å²) in [7, 11) is 0. The quantitative estimate of drug-likeness (QED) is 0.389. The molecule has 0 radical (unpaired) electrons. The summed E-state index contributed by atoms with van der Waals surface area (Å²) >= 11 is 7.44. The molecule has 3 saturated carbocycles. The molecule has 3 aliphatic rings. The van der Waals surface area contributed by atoms with Crippen LogP contribution >= 0.6 is 22.9 Å². The fraction of sp³-hybridized carbons (Fsp3) is 0.667. The third-order valence-electron chi connectivity index (χ3n) is 9.57. The molecule has 0 spiro atoms. The van der Waals surface area contributed by atoms with Crippen LogP contribution in [-0.4, -0.2) is 49.4 Å². The van der Waals surface area contributed by atoms with Crippen molar-refractivity contribution in [3.8, 4) is 0 Å². The van der Waals surface area contributed by atoms with Crippen LogP contribution < -0.4 is 0 Å². The maximum atomic E-state index is 14.5. The molecule has 2 aromatic heterocycles. The van der Waals surface area contributed by atoms with Gasteiger partial charge in [0.1, 0.15) is 6.10 Å². The highest BCUT2D eigenvalue weighted by Crippen LogP contribution is 2.67. The van der Waals surface area contributed by atoms with E-state index in [0.717, 1.165) is 10.9 Å². The lowest BCUT2D eigenvalue weighted by atomic mass is 9.74. The Morgan fingerprint density at radius 3 is 2.36 bits per heavy atom. The monoisotopic (exact) mass is 587 g/mol. The van der Waals surface area contributed by atoms with Gasteiger partial charge in [-0.1, -0.05) is 25.4 Å². The van der Waals surface area contributed by atoms with Crippen LogP contribution in [0.3, 0.4) is 0 Å². The zero-order chi connectivity index (χ0) is 28.5. The van der Waals surface area contributed by atoms with Crippen LogP contribution in [0.4, 0.5) is 13.2 Å². The van der Waals surface area contributed by atoms with Crippen LogP contribution in [0.15, 0.2) is 17.6 Å². The fourth-order valence-electron chi connectivity index (χ4n) is 6.87. The minimum absolute atomic E-state index is 0.147. The van der Waals surface area contributed by atoms with E-state index in [1.807, 2.05) is 0 Å². The van der Waals surface area contributed by atoms with Crippen molar-refractivity contribution in [3.05, 3.63) is 38.8 Å². The predicted octanol–water partition coefficient (Wildman–Crippen LogP) is 6.43. The second-order valence-corrected chi connectivity index (χ2v) is 13.6. The molecule has 2 heterocycles. The number of aliphatic hydroxyl groups is 1. The first-order chi connectivity index (χ1) is 18.1. The average molecular weight is 588 g/mol. The molecule has 2 aromatic rings. The molecule has 2 N–H and O–H groups in total. The second-order valence-electron chi connectivity index (χ2n) is 12.2. The zero-order valence-corrected chi connectivity index (χ0v) is 23.6. The number of nitrogens with zero attached hydrogens (tertiary/aromatic N) is 3. The van der Waals surface area contributed by atoms with Crippen LogP contribution in [0.1, 0.15) is 92.4 Å². The van der Waals surface area contributed by atoms with Gasteiger partial charge >= 0.3 is 12.1 Å². The summed E-state index contributed by atoms with van der Waals surface area (Å²) in [6.45, 7) is 5.75. The number of carbonyl (C=O) groups excluding carboxylic acids is 1. The van der Waals surface area contributed by atoms with E-state index in [9.17, 15) is 33.0 Å². The van der Waals surface area contributed by atoms with Crippen LogP contribution in [-0.2, 0) is 11.0 Å². The highest BCUT2D eigenvalue weighted by Gasteiger charge is 2.63. The van der Waals surface area contributed by atoms with Gasteiger partial charge in [-0.2, -0.15) is 18.3 Å². The Morgan fingerprint density at radius 1 is 1.23 bits per heavy atom. The summed E-state index contributed by atoms with van der Waals surface area (Å²) in [6.07, 6.45) is -2.82. The summed E-state index contributed by atoms with van der Waals surface area (Å²) in [4.78, 5) is 27.4. The standard InChI is InChI=1S/C27H33ClF3N3O4S/c1-25(2)17-10-15(11-18(17)25)33(13-20(35)21-19(28)6-9-39-21)23(36)16-12-32-34(22(16)27(29,30)31)14-4-7-26(3,8-5-14)24(37)38/h6,9,12,14-15,17-18,20,35H,4-5,7-8,10-11,13H2,1-3H3,(H,37,38)/t14?,15?,17-,18+,20-,26?/m0/s1. The predicted molar refractivity (Wildman–Crippen MR) is 140 cm³/mol. The second kappa shape index (κ2) is 9.76. The molecule has 12 heteroatoms. The molecule has 4 atom stereocenters. The molecule has 7 nitrogen and oxygen atoms in total. The Morgan fingerprint density at radius 2 is 1.85 bits per heavy atom. The molecule has 0 aromatic carbocycles. The van der Waals surface area contributed by atoms with Crippen molar-refractivity contribution in [1.29, 1.82) is 0 Å². The number of carbonyl (C=O) groups is 2. The van der Waals surface area contributed by atoms with Crippen molar-refractivity contribution in [3.63, 3.8) is 0 Å². The number of aliphatic hydroxyl groups excluding tert-OH is 1. The maximum Gasteiger partial charge on any atom is 0.433 e. The Bertz CT molecular complexity index is 1250. The summed E-state index contributed by atoms with van der Waals surface area (Å²) < 4.78 is 44.4. The van der Waals surface area contributed by atoms with Gasteiger partial charge in [-0.05, 0) is 74.1 Å². The zero-order valence-electron chi connectivity index (χ0n) is 22.0. The van der Waals surface area contributed by atoms with Gasteiger partial charge in [0.05, 0.1) is 39.7 Å². The van der Waals surface area contributed by atoms with Gasteiger partial charge in [0.2, 0.25) is 0 Å². The van der Waals surface area contributed by atoms with Gasteiger partial charge in [-0.25, -0.2) is 0 Å². The third-order valence-corrected chi connectivity index (χ3v) is 11.0. The van der Waals surface area contributed by atoms with Gasteiger partial charge in [0, 0.05) is 6.04 Å². The van der Waals surface area contributed by atoms with E-state index in [1.165, 1.54) is 16.2 Å². The largest absolute Gasteiger partial charge is 0.481 e. The summed E-state index contributed by atoms with van der Waals surface area (Å²) in [6, 6.07) is 0.666. The SMILES string of the molecule is CC1(C(=O)O)CCC(n2ncc(C(=O)N(C[C@H](O)c3sccc3Cl)C3C[C@@H]4[C@H](C3)C4(C)C)c2C(F)(F)F)CC1. The van der Waals surface area contributed by atoms with Crippen LogP contribution in [0, 0.1) is 22.7 Å². The number of hydrogen-bond donors (Lipinski definition) is 2. The van der Waals surface area contributed by atoms with Gasteiger partial charge < -0.3 is 15.1 Å². The van der Waals surface area contributed by atoms with Crippen LogP contribution in [0.2, 0.25) is 5.02 Å². The number of carboxylic acid groups (broad SMARTS) is 1. The lowest BCUT2D eigenvalue weighted by Gasteiger charge is -2.35. The number of rotatable bonds is 7. The molecule has 1 unspecified atom stereocenters. The van der Waals surface area contributed by atoms with E-state index < -0.39 is 46.9 Å². The Kier molecular flexibility index (Phi) is 7.12. The Hall–Kier alpha value is -2.11. The summed E-state index contributed by atoms with van der Waals surface area (Å²) in [5, 5.41) is 26.6. The molecule has 214 valence electrons. The molecule has 0 aliphatic heterocycles. The Labute approximate surface area is 233 Å². The number of amides is 1. The van der Waals surface area contributed by atoms with Gasteiger partial charge in [-0.3, -0.25) is 14.3 Å². The van der Waals surface area contributed by atoms with E-state index in [1.54, 1.807) is 18.4 Å². The van der Waals surface area contributed by atoms with Gasteiger partial charge in [0.25, 0.3) is 5.91 Å². The minimum atomic E-state index is -4.85. The molecule has 0 bridgehead atoms. The van der Waals surface area contributed by atoms with E-state index in [-0.39, 0.29) is 43.7 Å². The van der Waals surface area contributed by atoms with E-state index in [2.05, 4.69) is 18.9 Å². The number of alkyl halides is 3. The van der Waals surface area contributed by atoms with Crippen molar-refractivity contribution < 1.29 is 33.0 Å². The molecule has 0 saturated heterocycles. The highest BCUT2D eigenvalue weighted by atomic mass is 35.5. The molecule has 1 amide bonds. The van der Waals surface area contributed by atoms with E-state index >= 15 is 0 Å². The number of carboxylic acids is 1. The molecule has 3 fully saturated rings. The van der Waals surface area contributed by atoms with Crippen molar-refractivity contribution in [2.75, 3.05) is 6.54 Å². The highest BCUT2D eigenvalue weighted by molar-refractivity contribution is 7.10. The first kappa shape index (κ1) is 28.4. The van der Waals surface area contributed by atoms with Crippen LogP contribution in [0.25, 0.3) is 0 Å². The van der Waals surface area contributed by atoms with Gasteiger partial charge in [0.15, 0.2) is 5.69 Å². The smallest absolute Gasteiger partial charge is 0.433 e.